The third-order valence-electron chi connectivity index (χ3n) is 4.99. The number of carbonyl (C=O) groups is 1. The van der Waals surface area contributed by atoms with Gasteiger partial charge < -0.3 is 4.74 Å². The van der Waals surface area contributed by atoms with Crippen LogP contribution >= 0.6 is 15.9 Å². The van der Waals surface area contributed by atoms with Crippen molar-refractivity contribution in [2.75, 3.05) is 23.5 Å². The van der Waals surface area contributed by atoms with Crippen LogP contribution in [0.2, 0.25) is 0 Å². The molecule has 0 aliphatic carbocycles. The highest BCUT2D eigenvalue weighted by Gasteiger charge is 2.38. The zero-order chi connectivity index (χ0) is 22.2. The van der Waals surface area contributed by atoms with Crippen LogP contribution in [0, 0.1) is 0 Å². The molecule has 0 unspecified atom stereocenters. The van der Waals surface area contributed by atoms with Gasteiger partial charge in [0.2, 0.25) is 0 Å². The predicted octanol–water partition coefficient (Wildman–Crippen LogP) is 6.19. The molecule has 0 spiro atoms. The molecule has 0 radical (unpaired) electrons. The van der Waals surface area contributed by atoms with Crippen molar-refractivity contribution >= 4 is 39.0 Å². The van der Waals surface area contributed by atoms with Gasteiger partial charge in [-0.1, -0.05) is 22.0 Å². The number of carbonyl (C=O) groups excluding carboxylic acids is 1. The van der Waals surface area contributed by atoms with Crippen LogP contribution in [0.1, 0.15) is 11.1 Å². The fraction of sp³-hybridized carbons (Fsp3) is 0.182. The topological polar surface area (TPSA) is 45.7 Å². The second-order valence-corrected chi connectivity index (χ2v) is 7.81. The Bertz CT molecular complexity index is 1120. The summed E-state index contributed by atoms with van der Waals surface area (Å²) in [7, 11) is 1.20. The Morgan fingerprint density at radius 1 is 1.16 bits per heavy atom. The van der Waals surface area contributed by atoms with Crippen molar-refractivity contribution in [2.24, 2.45) is 0 Å². The third kappa shape index (κ3) is 4.10. The number of urea groups is 1. The summed E-state index contributed by atoms with van der Waals surface area (Å²) in [5.74, 6) is -0.253. The van der Waals surface area contributed by atoms with Gasteiger partial charge >= 0.3 is 12.2 Å². The maximum atomic E-state index is 13.6. The maximum absolute atomic E-state index is 13.6. The predicted molar refractivity (Wildman–Crippen MR) is 115 cm³/mol. The Labute approximate surface area is 185 Å². The fourth-order valence-electron chi connectivity index (χ4n) is 3.60. The molecule has 1 aromatic heterocycles. The van der Waals surface area contributed by atoms with Crippen molar-refractivity contribution in [1.82, 2.24) is 4.98 Å². The third-order valence-corrected chi connectivity index (χ3v) is 5.49. The van der Waals surface area contributed by atoms with Gasteiger partial charge in [0, 0.05) is 22.9 Å². The number of halogens is 4. The molecule has 0 atom stereocenters. The van der Waals surface area contributed by atoms with Crippen LogP contribution in [0.15, 0.2) is 65.4 Å². The van der Waals surface area contributed by atoms with Crippen molar-refractivity contribution in [1.29, 1.82) is 0 Å². The van der Waals surface area contributed by atoms with Crippen LogP contribution in [0.5, 0.6) is 5.75 Å². The number of fused-ring (bicyclic) bond motifs is 1. The standard InChI is InChI=1S/C22H17BrF3N3O2/c1-31-20-10-14-7-9-28(19(14)12-18(20)22(24,25)26)21(30)29(17-6-3-8-27-13-17)16-5-2-4-15(23)11-16/h2-6,8,10-13H,7,9H2,1H3. The van der Waals surface area contributed by atoms with Crippen LogP contribution < -0.4 is 14.5 Å². The van der Waals surface area contributed by atoms with E-state index in [-0.39, 0.29) is 18.0 Å². The molecule has 0 saturated heterocycles. The second kappa shape index (κ2) is 8.22. The number of methoxy groups -OCH3 is 1. The van der Waals surface area contributed by atoms with Gasteiger partial charge in [0.15, 0.2) is 0 Å². The summed E-state index contributed by atoms with van der Waals surface area (Å²) in [4.78, 5) is 20.5. The van der Waals surface area contributed by atoms with Crippen molar-refractivity contribution < 1.29 is 22.7 Å². The molecule has 0 bridgehead atoms. The Morgan fingerprint density at radius 3 is 2.58 bits per heavy atom. The molecule has 0 saturated carbocycles. The van der Waals surface area contributed by atoms with Gasteiger partial charge in [0.05, 0.1) is 30.2 Å². The van der Waals surface area contributed by atoms with Crippen LogP contribution in [-0.2, 0) is 12.6 Å². The quantitative estimate of drug-likeness (QED) is 0.438. The van der Waals surface area contributed by atoms with Crippen molar-refractivity contribution in [2.45, 2.75) is 12.6 Å². The van der Waals surface area contributed by atoms with Crippen LogP contribution in [-0.4, -0.2) is 24.7 Å². The van der Waals surface area contributed by atoms with E-state index in [4.69, 9.17) is 4.74 Å². The Kier molecular flexibility index (Phi) is 5.62. The number of benzene rings is 2. The lowest BCUT2D eigenvalue weighted by Crippen LogP contribution is -2.40. The van der Waals surface area contributed by atoms with Gasteiger partial charge in [0.25, 0.3) is 0 Å². The Morgan fingerprint density at radius 2 is 1.94 bits per heavy atom. The smallest absolute Gasteiger partial charge is 0.420 e. The molecule has 2 heterocycles. The molecule has 160 valence electrons. The maximum Gasteiger partial charge on any atom is 0.420 e. The average molecular weight is 492 g/mol. The highest BCUT2D eigenvalue weighted by Crippen LogP contribution is 2.43. The normalized spacial score (nSPS) is 13.1. The Balaban J connectivity index is 1.80. The van der Waals surface area contributed by atoms with Crippen molar-refractivity contribution in [3.63, 3.8) is 0 Å². The van der Waals surface area contributed by atoms with E-state index in [2.05, 4.69) is 20.9 Å². The minimum absolute atomic E-state index is 0.224. The summed E-state index contributed by atoms with van der Waals surface area (Å²) in [6.45, 7) is 0.253. The highest BCUT2D eigenvalue weighted by molar-refractivity contribution is 9.10. The molecule has 4 rings (SSSR count). The SMILES string of the molecule is COc1cc2c(cc1C(F)(F)F)N(C(=O)N(c1cccnc1)c1cccc(Br)c1)CC2. The largest absolute Gasteiger partial charge is 0.496 e. The molecule has 1 aliphatic heterocycles. The molecule has 1 aliphatic rings. The minimum atomic E-state index is -4.61. The number of aromatic nitrogens is 1. The van der Waals surface area contributed by atoms with Gasteiger partial charge in [-0.05, 0) is 54.4 Å². The van der Waals surface area contributed by atoms with E-state index in [1.807, 2.05) is 6.07 Å². The number of pyridine rings is 1. The second-order valence-electron chi connectivity index (χ2n) is 6.89. The summed E-state index contributed by atoms with van der Waals surface area (Å²) in [5, 5.41) is 0. The van der Waals surface area contributed by atoms with E-state index in [1.54, 1.807) is 36.5 Å². The van der Waals surface area contributed by atoms with Crippen molar-refractivity contribution in [3.8, 4) is 5.75 Å². The van der Waals surface area contributed by atoms with E-state index >= 15 is 0 Å². The van der Waals surface area contributed by atoms with Gasteiger partial charge in [-0.2, -0.15) is 13.2 Å². The minimum Gasteiger partial charge on any atom is -0.496 e. The van der Waals surface area contributed by atoms with Crippen LogP contribution in [0.4, 0.5) is 35.0 Å². The molecule has 0 fully saturated rings. The number of rotatable bonds is 3. The molecule has 2 aromatic carbocycles. The van der Waals surface area contributed by atoms with E-state index in [1.165, 1.54) is 29.2 Å². The van der Waals surface area contributed by atoms with E-state index < -0.39 is 17.8 Å². The first-order valence-electron chi connectivity index (χ1n) is 9.35. The molecule has 5 nitrogen and oxygen atoms in total. The zero-order valence-electron chi connectivity index (χ0n) is 16.4. The zero-order valence-corrected chi connectivity index (χ0v) is 17.9. The Hall–Kier alpha value is -3.07. The van der Waals surface area contributed by atoms with Gasteiger partial charge in [-0.3, -0.25) is 14.8 Å². The first-order chi connectivity index (χ1) is 14.8. The lowest BCUT2D eigenvalue weighted by molar-refractivity contribution is -0.138. The molecular weight excluding hydrogens is 475 g/mol. The fourth-order valence-corrected chi connectivity index (χ4v) is 3.98. The number of nitrogens with zero attached hydrogens (tertiary/aromatic N) is 3. The number of anilines is 3. The summed E-state index contributed by atoms with van der Waals surface area (Å²) < 4.78 is 46.4. The highest BCUT2D eigenvalue weighted by atomic mass is 79.9. The molecule has 2 amide bonds. The molecular formula is C22H17BrF3N3O2. The molecule has 0 N–H and O–H groups in total. The number of ether oxygens (including phenoxy) is 1. The first kappa shape index (κ1) is 21.2. The summed E-state index contributed by atoms with van der Waals surface area (Å²) in [6, 6.07) is 12.4. The van der Waals surface area contributed by atoms with Gasteiger partial charge in [-0.15, -0.1) is 0 Å². The molecule has 3 aromatic rings. The van der Waals surface area contributed by atoms with E-state index in [9.17, 15) is 18.0 Å². The summed E-state index contributed by atoms with van der Waals surface area (Å²) in [5.41, 5.74) is 0.999. The van der Waals surface area contributed by atoms with Crippen LogP contribution in [0.25, 0.3) is 0 Å². The van der Waals surface area contributed by atoms with E-state index in [0.717, 1.165) is 10.5 Å². The van der Waals surface area contributed by atoms with Gasteiger partial charge in [0.1, 0.15) is 5.75 Å². The average Bonchev–Trinajstić information content (AvgIpc) is 3.16. The number of hydrogen-bond acceptors (Lipinski definition) is 3. The number of amides is 2. The van der Waals surface area contributed by atoms with Gasteiger partial charge in [-0.25, -0.2) is 4.79 Å². The number of alkyl halides is 3. The molecule has 9 heteroatoms. The first-order valence-corrected chi connectivity index (χ1v) is 10.1. The van der Waals surface area contributed by atoms with E-state index in [0.29, 0.717) is 23.4 Å². The summed E-state index contributed by atoms with van der Waals surface area (Å²) in [6.07, 6.45) is -1.06. The summed E-state index contributed by atoms with van der Waals surface area (Å²) >= 11 is 3.40. The van der Waals surface area contributed by atoms with Crippen molar-refractivity contribution in [3.05, 3.63) is 76.5 Å². The molecule has 31 heavy (non-hydrogen) atoms. The monoisotopic (exact) mass is 491 g/mol. The lowest BCUT2D eigenvalue weighted by Gasteiger charge is -2.29. The lowest BCUT2D eigenvalue weighted by atomic mass is 10.1. The van der Waals surface area contributed by atoms with Crippen LogP contribution in [0.3, 0.4) is 0 Å². The number of hydrogen-bond donors (Lipinski definition) is 0.